The summed E-state index contributed by atoms with van der Waals surface area (Å²) in [5.74, 6) is 0.949. The van der Waals surface area contributed by atoms with Gasteiger partial charge in [-0.2, -0.15) is 0 Å². The van der Waals surface area contributed by atoms with Crippen LogP contribution < -0.4 is 15.0 Å². The summed E-state index contributed by atoms with van der Waals surface area (Å²) in [6, 6.07) is 17.5. The standard InChI is InChI=1S/C18H22N2O/c1-14-12-16(8-9-18(14)21-2)20-11-10-19-13-17(20)15-6-4-3-5-7-15/h3-9,12,17,19H,10-11,13H2,1-2H3. The highest BCUT2D eigenvalue weighted by atomic mass is 16.5. The first-order valence-corrected chi connectivity index (χ1v) is 7.46. The van der Waals surface area contributed by atoms with E-state index in [9.17, 15) is 0 Å². The Labute approximate surface area is 126 Å². The molecule has 0 aromatic heterocycles. The first-order valence-electron chi connectivity index (χ1n) is 7.46. The summed E-state index contributed by atoms with van der Waals surface area (Å²) in [5.41, 5.74) is 3.81. The number of rotatable bonds is 3. The summed E-state index contributed by atoms with van der Waals surface area (Å²) in [6.45, 7) is 5.12. The molecule has 1 aliphatic heterocycles. The normalized spacial score (nSPS) is 18.6. The SMILES string of the molecule is COc1ccc(N2CCNCC2c2ccccc2)cc1C. The van der Waals surface area contributed by atoms with Crippen molar-refractivity contribution in [1.82, 2.24) is 5.32 Å². The molecule has 0 radical (unpaired) electrons. The predicted octanol–water partition coefficient (Wildman–Crippen LogP) is 3.15. The Morgan fingerprint density at radius 3 is 2.67 bits per heavy atom. The summed E-state index contributed by atoms with van der Waals surface area (Å²) in [5, 5.41) is 3.50. The number of methoxy groups -OCH3 is 1. The van der Waals surface area contributed by atoms with Gasteiger partial charge in [0.1, 0.15) is 5.75 Å². The van der Waals surface area contributed by atoms with Crippen molar-refractivity contribution in [2.45, 2.75) is 13.0 Å². The lowest BCUT2D eigenvalue weighted by molar-refractivity contribution is 0.411. The van der Waals surface area contributed by atoms with Gasteiger partial charge >= 0.3 is 0 Å². The lowest BCUT2D eigenvalue weighted by Gasteiger charge is -2.38. The molecule has 1 heterocycles. The molecule has 3 nitrogen and oxygen atoms in total. The average Bonchev–Trinajstić information content (AvgIpc) is 2.55. The molecule has 1 fully saturated rings. The van der Waals surface area contributed by atoms with Crippen LogP contribution in [0.2, 0.25) is 0 Å². The minimum Gasteiger partial charge on any atom is -0.496 e. The van der Waals surface area contributed by atoms with E-state index in [1.807, 2.05) is 0 Å². The first-order chi connectivity index (χ1) is 10.3. The maximum atomic E-state index is 5.37. The van der Waals surface area contributed by atoms with E-state index in [4.69, 9.17) is 4.74 Å². The molecule has 0 spiro atoms. The molecule has 1 aliphatic rings. The summed E-state index contributed by atoms with van der Waals surface area (Å²) < 4.78 is 5.37. The maximum absolute atomic E-state index is 5.37. The summed E-state index contributed by atoms with van der Waals surface area (Å²) in [6.07, 6.45) is 0. The Balaban J connectivity index is 1.92. The third-order valence-corrected chi connectivity index (χ3v) is 4.14. The van der Waals surface area contributed by atoms with E-state index >= 15 is 0 Å². The van der Waals surface area contributed by atoms with E-state index in [1.54, 1.807) is 7.11 Å². The van der Waals surface area contributed by atoms with E-state index < -0.39 is 0 Å². The van der Waals surface area contributed by atoms with Gasteiger partial charge in [-0.15, -0.1) is 0 Å². The van der Waals surface area contributed by atoms with Crippen LogP contribution in [-0.2, 0) is 0 Å². The molecular weight excluding hydrogens is 260 g/mol. The fourth-order valence-corrected chi connectivity index (χ4v) is 3.03. The van der Waals surface area contributed by atoms with E-state index in [-0.39, 0.29) is 0 Å². The number of nitrogens with zero attached hydrogens (tertiary/aromatic N) is 1. The van der Waals surface area contributed by atoms with Crippen LogP contribution in [0.3, 0.4) is 0 Å². The second-order valence-electron chi connectivity index (χ2n) is 5.48. The molecule has 0 amide bonds. The maximum Gasteiger partial charge on any atom is 0.121 e. The molecule has 110 valence electrons. The van der Waals surface area contributed by atoms with Crippen molar-refractivity contribution in [2.75, 3.05) is 31.6 Å². The van der Waals surface area contributed by atoms with Crippen molar-refractivity contribution < 1.29 is 4.74 Å². The number of benzene rings is 2. The lowest BCUT2D eigenvalue weighted by atomic mass is 10.0. The minimum absolute atomic E-state index is 0.382. The minimum atomic E-state index is 0.382. The summed E-state index contributed by atoms with van der Waals surface area (Å²) in [4.78, 5) is 2.48. The molecular formula is C18H22N2O. The second kappa shape index (κ2) is 6.19. The molecule has 0 aliphatic carbocycles. The van der Waals surface area contributed by atoms with Crippen LogP contribution in [0.25, 0.3) is 0 Å². The van der Waals surface area contributed by atoms with Crippen molar-refractivity contribution in [1.29, 1.82) is 0 Å². The molecule has 1 unspecified atom stereocenters. The van der Waals surface area contributed by atoms with Gasteiger partial charge in [0.15, 0.2) is 0 Å². The number of hydrogen-bond donors (Lipinski definition) is 1. The van der Waals surface area contributed by atoms with E-state index in [0.29, 0.717) is 6.04 Å². The van der Waals surface area contributed by atoms with Crippen LogP contribution in [0.15, 0.2) is 48.5 Å². The molecule has 1 N–H and O–H groups in total. The van der Waals surface area contributed by atoms with Crippen LogP contribution in [-0.4, -0.2) is 26.7 Å². The van der Waals surface area contributed by atoms with Gasteiger partial charge in [0.25, 0.3) is 0 Å². The third-order valence-electron chi connectivity index (χ3n) is 4.14. The van der Waals surface area contributed by atoms with Crippen LogP contribution in [0, 0.1) is 6.92 Å². The molecule has 21 heavy (non-hydrogen) atoms. The molecule has 1 saturated heterocycles. The third kappa shape index (κ3) is 2.88. The highest BCUT2D eigenvalue weighted by Crippen LogP contribution is 2.31. The van der Waals surface area contributed by atoms with Crippen LogP contribution >= 0.6 is 0 Å². The fourth-order valence-electron chi connectivity index (χ4n) is 3.03. The molecule has 0 saturated carbocycles. The predicted molar refractivity (Wildman–Crippen MR) is 87.1 cm³/mol. The highest BCUT2D eigenvalue weighted by Gasteiger charge is 2.24. The van der Waals surface area contributed by atoms with Crippen LogP contribution in [0.4, 0.5) is 5.69 Å². The van der Waals surface area contributed by atoms with Crippen LogP contribution in [0.1, 0.15) is 17.2 Å². The summed E-state index contributed by atoms with van der Waals surface area (Å²) >= 11 is 0. The van der Waals surface area contributed by atoms with Gasteiger partial charge in [-0.25, -0.2) is 0 Å². The van der Waals surface area contributed by atoms with Crippen molar-refractivity contribution >= 4 is 5.69 Å². The Morgan fingerprint density at radius 2 is 1.95 bits per heavy atom. The zero-order valence-electron chi connectivity index (χ0n) is 12.7. The Morgan fingerprint density at radius 1 is 1.14 bits per heavy atom. The van der Waals surface area contributed by atoms with Gasteiger partial charge in [-0.05, 0) is 36.2 Å². The fraction of sp³-hybridized carbons (Fsp3) is 0.333. The van der Waals surface area contributed by atoms with E-state index in [0.717, 1.165) is 25.4 Å². The topological polar surface area (TPSA) is 24.5 Å². The lowest BCUT2D eigenvalue weighted by Crippen LogP contribution is -2.46. The molecule has 3 rings (SSSR count). The molecule has 2 aromatic carbocycles. The van der Waals surface area contributed by atoms with Gasteiger partial charge in [0.2, 0.25) is 0 Å². The smallest absolute Gasteiger partial charge is 0.121 e. The quantitative estimate of drug-likeness (QED) is 0.936. The number of anilines is 1. The monoisotopic (exact) mass is 282 g/mol. The second-order valence-corrected chi connectivity index (χ2v) is 5.48. The Bertz CT molecular complexity index is 597. The summed E-state index contributed by atoms with van der Waals surface area (Å²) in [7, 11) is 1.72. The van der Waals surface area contributed by atoms with Crippen molar-refractivity contribution in [3.8, 4) is 5.75 Å². The first kappa shape index (κ1) is 14.0. The number of piperazine rings is 1. The van der Waals surface area contributed by atoms with Gasteiger partial charge in [0, 0.05) is 25.3 Å². The number of ether oxygens (including phenoxy) is 1. The number of hydrogen-bond acceptors (Lipinski definition) is 3. The van der Waals surface area contributed by atoms with Crippen molar-refractivity contribution in [3.63, 3.8) is 0 Å². The van der Waals surface area contributed by atoms with E-state index in [1.165, 1.54) is 16.8 Å². The van der Waals surface area contributed by atoms with Gasteiger partial charge in [-0.1, -0.05) is 30.3 Å². The van der Waals surface area contributed by atoms with Crippen molar-refractivity contribution in [3.05, 3.63) is 59.7 Å². The number of nitrogens with one attached hydrogen (secondary N) is 1. The Hall–Kier alpha value is -2.00. The van der Waals surface area contributed by atoms with Crippen LogP contribution in [0.5, 0.6) is 5.75 Å². The molecule has 1 atom stereocenters. The zero-order valence-corrected chi connectivity index (χ0v) is 12.7. The Kier molecular flexibility index (Phi) is 4.11. The van der Waals surface area contributed by atoms with Gasteiger partial charge in [0.05, 0.1) is 13.2 Å². The van der Waals surface area contributed by atoms with Gasteiger partial charge in [-0.3, -0.25) is 0 Å². The zero-order chi connectivity index (χ0) is 14.7. The highest BCUT2D eigenvalue weighted by molar-refractivity contribution is 5.55. The molecule has 2 aromatic rings. The van der Waals surface area contributed by atoms with E-state index in [2.05, 4.69) is 65.7 Å². The molecule has 0 bridgehead atoms. The average molecular weight is 282 g/mol. The largest absolute Gasteiger partial charge is 0.496 e. The molecule has 3 heteroatoms. The van der Waals surface area contributed by atoms with Gasteiger partial charge < -0.3 is 15.0 Å². The van der Waals surface area contributed by atoms with Crippen molar-refractivity contribution in [2.24, 2.45) is 0 Å². The number of aryl methyl sites for hydroxylation is 1.